The van der Waals surface area contributed by atoms with Crippen molar-refractivity contribution >= 4 is 35.9 Å². The SMILES string of the molecule is O=c1cc(Sc2ccccc2)[se]c2ccccc12. The van der Waals surface area contributed by atoms with E-state index in [1.54, 1.807) is 17.8 Å². The van der Waals surface area contributed by atoms with Crippen LogP contribution in [0.15, 0.2) is 74.1 Å². The third kappa shape index (κ3) is 2.44. The first kappa shape index (κ1) is 11.8. The van der Waals surface area contributed by atoms with Crippen molar-refractivity contribution in [1.29, 1.82) is 0 Å². The summed E-state index contributed by atoms with van der Waals surface area (Å²) in [5.41, 5.74) is 0.136. The van der Waals surface area contributed by atoms with E-state index in [0.717, 1.165) is 5.39 Å². The Balaban J connectivity index is 2.06. The summed E-state index contributed by atoms with van der Waals surface area (Å²) in [6, 6.07) is 19.9. The van der Waals surface area contributed by atoms with Gasteiger partial charge in [0.15, 0.2) is 0 Å². The molecule has 0 spiro atoms. The van der Waals surface area contributed by atoms with Gasteiger partial charge in [0, 0.05) is 0 Å². The Morgan fingerprint density at radius 2 is 1.61 bits per heavy atom. The van der Waals surface area contributed by atoms with Gasteiger partial charge in [-0.3, -0.25) is 0 Å². The van der Waals surface area contributed by atoms with Gasteiger partial charge in [-0.1, -0.05) is 0 Å². The van der Waals surface area contributed by atoms with Gasteiger partial charge < -0.3 is 0 Å². The van der Waals surface area contributed by atoms with Crippen LogP contribution in [-0.2, 0) is 0 Å². The maximum atomic E-state index is 12.0. The quantitative estimate of drug-likeness (QED) is 0.674. The van der Waals surface area contributed by atoms with E-state index in [1.807, 2.05) is 36.4 Å². The van der Waals surface area contributed by atoms with Crippen LogP contribution in [0.2, 0.25) is 0 Å². The first-order chi connectivity index (χ1) is 8.83. The molecule has 18 heavy (non-hydrogen) atoms. The van der Waals surface area contributed by atoms with Gasteiger partial charge in [0.2, 0.25) is 0 Å². The van der Waals surface area contributed by atoms with Crippen molar-refractivity contribution in [2.24, 2.45) is 0 Å². The predicted octanol–water partition coefficient (Wildman–Crippen LogP) is 3.41. The van der Waals surface area contributed by atoms with Gasteiger partial charge in [0.25, 0.3) is 0 Å². The molecule has 3 heteroatoms. The van der Waals surface area contributed by atoms with Crippen LogP contribution >= 0.6 is 11.8 Å². The molecule has 0 fully saturated rings. The molecule has 0 unspecified atom stereocenters. The van der Waals surface area contributed by atoms with Crippen molar-refractivity contribution in [3.05, 3.63) is 70.9 Å². The molecule has 0 amide bonds. The van der Waals surface area contributed by atoms with Crippen LogP contribution in [-0.4, -0.2) is 14.5 Å². The van der Waals surface area contributed by atoms with E-state index in [9.17, 15) is 4.79 Å². The first-order valence-corrected chi connectivity index (χ1v) is 8.12. The minimum atomic E-state index is 0.136. The summed E-state index contributed by atoms with van der Waals surface area (Å²) in [6.07, 6.45) is 0. The summed E-state index contributed by atoms with van der Waals surface area (Å²) >= 11 is 1.94. The van der Waals surface area contributed by atoms with E-state index in [-0.39, 0.29) is 19.9 Å². The summed E-state index contributed by atoms with van der Waals surface area (Å²) in [5.74, 6) is 0. The van der Waals surface area contributed by atoms with E-state index in [0.29, 0.717) is 0 Å². The molecule has 0 bridgehead atoms. The molecule has 0 aliphatic rings. The maximum absolute atomic E-state index is 12.0. The molecule has 0 atom stereocenters. The van der Waals surface area contributed by atoms with Crippen LogP contribution < -0.4 is 5.43 Å². The van der Waals surface area contributed by atoms with Gasteiger partial charge in [-0.05, 0) is 0 Å². The molecular formula is C15H10OSSe. The van der Waals surface area contributed by atoms with Crippen molar-refractivity contribution < 1.29 is 0 Å². The molecule has 0 N–H and O–H groups in total. The fourth-order valence-electron chi connectivity index (χ4n) is 1.74. The van der Waals surface area contributed by atoms with E-state index < -0.39 is 0 Å². The Labute approximate surface area is 115 Å². The Kier molecular flexibility index (Phi) is 3.37. The predicted molar refractivity (Wildman–Crippen MR) is 77.7 cm³/mol. The molecule has 1 nitrogen and oxygen atoms in total. The van der Waals surface area contributed by atoms with E-state index in [2.05, 4.69) is 18.2 Å². The second-order valence-corrected chi connectivity index (χ2v) is 7.81. The van der Waals surface area contributed by atoms with Crippen LogP contribution in [0.4, 0.5) is 0 Å². The molecule has 0 aliphatic carbocycles. The Bertz CT molecular complexity index is 734. The first-order valence-electron chi connectivity index (χ1n) is 5.59. The molecule has 0 radical (unpaired) electrons. The van der Waals surface area contributed by atoms with Crippen molar-refractivity contribution in [3.63, 3.8) is 0 Å². The average molecular weight is 317 g/mol. The Morgan fingerprint density at radius 1 is 0.889 bits per heavy atom. The number of fused-ring (bicyclic) bond motifs is 1. The zero-order valence-electron chi connectivity index (χ0n) is 9.50. The topological polar surface area (TPSA) is 17.1 Å². The van der Waals surface area contributed by atoms with Gasteiger partial charge >= 0.3 is 115 Å². The molecule has 0 saturated carbocycles. The summed E-state index contributed by atoms with van der Waals surface area (Å²) in [7, 11) is 0. The van der Waals surface area contributed by atoms with Crippen LogP contribution in [0.5, 0.6) is 0 Å². The van der Waals surface area contributed by atoms with Crippen LogP contribution in [0.25, 0.3) is 9.65 Å². The summed E-state index contributed by atoms with van der Waals surface area (Å²) < 4.78 is 2.37. The number of hydrogen-bond acceptors (Lipinski definition) is 2. The van der Waals surface area contributed by atoms with Crippen LogP contribution in [0, 0.1) is 0 Å². The van der Waals surface area contributed by atoms with Crippen molar-refractivity contribution in [1.82, 2.24) is 0 Å². The number of rotatable bonds is 2. The van der Waals surface area contributed by atoms with Gasteiger partial charge in [-0.25, -0.2) is 0 Å². The zero-order valence-corrected chi connectivity index (χ0v) is 12.0. The molecule has 2 aromatic carbocycles. The van der Waals surface area contributed by atoms with Gasteiger partial charge in [0.05, 0.1) is 0 Å². The van der Waals surface area contributed by atoms with E-state index in [1.165, 1.54) is 12.9 Å². The van der Waals surface area contributed by atoms with E-state index >= 15 is 0 Å². The number of hydrogen-bond donors (Lipinski definition) is 0. The third-order valence-electron chi connectivity index (χ3n) is 2.57. The monoisotopic (exact) mass is 318 g/mol. The average Bonchev–Trinajstić information content (AvgIpc) is 2.40. The summed E-state index contributed by atoms with van der Waals surface area (Å²) in [5, 5.41) is 0.870. The molecule has 1 heterocycles. The standard InChI is InChI=1S/C15H10OSSe/c16-13-10-15(17-11-6-2-1-3-7-11)18-14-9-5-4-8-12(13)14/h1-10H. The minimum absolute atomic E-state index is 0.136. The van der Waals surface area contributed by atoms with Gasteiger partial charge in [-0.15, -0.1) is 0 Å². The Hall–Kier alpha value is -1.28. The zero-order chi connectivity index (χ0) is 12.4. The molecule has 88 valence electrons. The second kappa shape index (κ2) is 5.15. The fourth-order valence-corrected chi connectivity index (χ4v) is 5.50. The Morgan fingerprint density at radius 3 is 2.44 bits per heavy atom. The van der Waals surface area contributed by atoms with Crippen LogP contribution in [0.3, 0.4) is 0 Å². The fraction of sp³-hybridized carbons (Fsp3) is 0. The van der Waals surface area contributed by atoms with Crippen molar-refractivity contribution in [2.75, 3.05) is 0 Å². The molecule has 0 saturated heterocycles. The molecule has 3 aromatic rings. The van der Waals surface area contributed by atoms with Crippen LogP contribution in [0.1, 0.15) is 0 Å². The van der Waals surface area contributed by atoms with Crippen molar-refractivity contribution in [3.8, 4) is 0 Å². The second-order valence-electron chi connectivity index (χ2n) is 3.84. The molecule has 3 rings (SSSR count). The normalized spacial score (nSPS) is 10.7. The van der Waals surface area contributed by atoms with Gasteiger partial charge in [0.1, 0.15) is 0 Å². The molecule has 1 aromatic heterocycles. The molecular weight excluding hydrogens is 307 g/mol. The molecule has 0 aliphatic heterocycles. The van der Waals surface area contributed by atoms with Crippen molar-refractivity contribution in [2.45, 2.75) is 8.66 Å². The number of benzene rings is 2. The third-order valence-corrected chi connectivity index (χ3v) is 6.24. The van der Waals surface area contributed by atoms with E-state index in [4.69, 9.17) is 0 Å². The summed E-state index contributed by atoms with van der Waals surface area (Å²) in [6.45, 7) is 0. The van der Waals surface area contributed by atoms with Gasteiger partial charge in [-0.2, -0.15) is 0 Å². The summed E-state index contributed by atoms with van der Waals surface area (Å²) in [4.78, 5) is 13.2.